The molecule has 0 atom stereocenters. The van der Waals surface area contributed by atoms with Gasteiger partial charge in [0.25, 0.3) is 5.91 Å². The predicted molar refractivity (Wildman–Crippen MR) is 120 cm³/mol. The van der Waals surface area contributed by atoms with Gasteiger partial charge in [-0.05, 0) is 50.3 Å². The number of amides is 1. The van der Waals surface area contributed by atoms with E-state index in [2.05, 4.69) is 12.2 Å². The minimum atomic E-state index is -0.804. The third kappa shape index (κ3) is 8.07. The number of unbranched alkanes of at least 4 members (excludes halogenated alkanes) is 5. The molecule has 0 aliphatic heterocycles. The van der Waals surface area contributed by atoms with Crippen LogP contribution in [0.15, 0.2) is 27.4 Å². The van der Waals surface area contributed by atoms with Crippen molar-refractivity contribution in [1.29, 1.82) is 0 Å². The molecule has 2 aromatic rings. The Hall–Kier alpha value is -2.83. The second kappa shape index (κ2) is 12.8. The SMILES string of the molecule is CCCCCCc1c(C)c2ccc(OCC(=O)NCCCCCC(=O)O)cc2oc1=O. The van der Waals surface area contributed by atoms with Crippen LogP contribution in [0.3, 0.4) is 0 Å². The number of carbonyl (C=O) groups is 2. The summed E-state index contributed by atoms with van der Waals surface area (Å²) >= 11 is 0. The van der Waals surface area contributed by atoms with E-state index in [-0.39, 0.29) is 24.6 Å². The molecule has 2 rings (SSSR count). The molecule has 1 aromatic carbocycles. The summed E-state index contributed by atoms with van der Waals surface area (Å²) in [6, 6.07) is 5.28. The van der Waals surface area contributed by atoms with Gasteiger partial charge in [0.15, 0.2) is 6.61 Å². The van der Waals surface area contributed by atoms with Crippen LogP contribution < -0.4 is 15.7 Å². The van der Waals surface area contributed by atoms with Gasteiger partial charge in [-0.1, -0.05) is 32.6 Å². The highest BCUT2D eigenvalue weighted by molar-refractivity contribution is 5.82. The molecule has 7 nitrogen and oxygen atoms in total. The molecule has 0 aliphatic rings. The number of hydrogen-bond acceptors (Lipinski definition) is 5. The van der Waals surface area contributed by atoms with Crippen LogP contribution in [0.5, 0.6) is 5.75 Å². The van der Waals surface area contributed by atoms with Crippen molar-refractivity contribution in [2.75, 3.05) is 13.2 Å². The van der Waals surface area contributed by atoms with Gasteiger partial charge in [-0.3, -0.25) is 9.59 Å². The minimum absolute atomic E-state index is 0.140. The molecule has 0 saturated heterocycles. The molecule has 0 bridgehead atoms. The Kier molecular flexibility index (Phi) is 10.1. The van der Waals surface area contributed by atoms with Gasteiger partial charge in [0.2, 0.25) is 0 Å². The zero-order chi connectivity index (χ0) is 22.6. The fourth-order valence-corrected chi connectivity index (χ4v) is 3.49. The van der Waals surface area contributed by atoms with Gasteiger partial charge in [-0.2, -0.15) is 0 Å². The van der Waals surface area contributed by atoms with Crippen LogP contribution in [0, 0.1) is 6.92 Å². The average Bonchev–Trinajstić information content (AvgIpc) is 2.73. The first-order chi connectivity index (χ1) is 14.9. The van der Waals surface area contributed by atoms with Gasteiger partial charge < -0.3 is 19.6 Å². The van der Waals surface area contributed by atoms with Crippen molar-refractivity contribution in [3.05, 3.63) is 39.7 Å². The number of ether oxygens (including phenoxy) is 1. The van der Waals surface area contributed by atoms with Crippen LogP contribution >= 0.6 is 0 Å². The first-order valence-electron chi connectivity index (χ1n) is 11.1. The average molecular weight is 432 g/mol. The Bertz CT molecular complexity index is 934. The van der Waals surface area contributed by atoms with Crippen LogP contribution in [0.2, 0.25) is 0 Å². The summed E-state index contributed by atoms with van der Waals surface area (Å²) < 4.78 is 11.1. The number of aliphatic carboxylic acids is 1. The Morgan fingerprint density at radius 1 is 1.10 bits per heavy atom. The molecule has 2 N–H and O–H groups in total. The van der Waals surface area contributed by atoms with Crippen LogP contribution in [0.1, 0.15) is 69.4 Å². The Balaban J connectivity index is 1.87. The summed E-state index contributed by atoms with van der Waals surface area (Å²) in [6.07, 6.45) is 7.33. The van der Waals surface area contributed by atoms with Crippen LogP contribution in [-0.4, -0.2) is 30.1 Å². The lowest BCUT2D eigenvalue weighted by molar-refractivity contribution is -0.137. The number of benzene rings is 1. The first-order valence-corrected chi connectivity index (χ1v) is 11.1. The quantitative estimate of drug-likeness (QED) is 0.340. The third-order valence-corrected chi connectivity index (χ3v) is 5.30. The zero-order valence-corrected chi connectivity index (χ0v) is 18.5. The number of nitrogens with one attached hydrogen (secondary N) is 1. The van der Waals surface area contributed by atoms with Crippen molar-refractivity contribution >= 4 is 22.8 Å². The predicted octanol–water partition coefficient (Wildman–Crippen LogP) is 4.36. The second-order valence-corrected chi connectivity index (χ2v) is 7.80. The Labute approximate surface area is 182 Å². The van der Waals surface area contributed by atoms with Crippen LogP contribution in [0.4, 0.5) is 0 Å². The molecule has 0 saturated carbocycles. The van der Waals surface area contributed by atoms with Gasteiger partial charge in [-0.15, -0.1) is 0 Å². The first kappa shape index (κ1) is 24.4. The van der Waals surface area contributed by atoms with E-state index >= 15 is 0 Å². The molecule has 0 unspecified atom stereocenters. The molecule has 1 aromatic heterocycles. The van der Waals surface area contributed by atoms with E-state index in [1.807, 2.05) is 13.0 Å². The smallest absolute Gasteiger partial charge is 0.339 e. The van der Waals surface area contributed by atoms with E-state index in [4.69, 9.17) is 14.3 Å². The summed E-state index contributed by atoms with van der Waals surface area (Å²) in [4.78, 5) is 34.8. The molecule has 0 fully saturated rings. The van der Waals surface area contributed by atoms with Gasteiger partial charge in [0.05, 0.1) is 0 Å². The number of fused-ring (bicyclic) bond motifs is 1. The number of carboxylic acid groups (broad SMARTS) is 1. The van der Waals surface area contributed by atoms with Crippen molar-refractivity contribution in [1.82, 2.24) is 5.32 Å². The van der Waals surface area contributed by atoms with E-state index < -0.39 is 5.97 Å². The lowest BCUT2D eigenvalue weighted by Gasteiger charge is -2.10. The fourth-order valence-electron chi connectivity index (χ4n) is 3.49. The molecular formula is C24H33NO6. The van der Waals surface area contributed by atoms with Crippen molar-refractivity contribution < 1.29 is 23.8 Å². The van der Waals surface area contributed by atoms with E-state index in [0.29, 0.717) is 24.3 Å². The van der Waals surface area contributed by atoms with E-state index in [1.54, 1.807) is 12.1 Å². The van der Waals surface area contributed by atoms with Gasteiger partial charge >= 0.3 is 11.6 Å². The summed E-state index contributed by atoms with van der Waals surface area (Å²) in [7, 11) is 0. The zero-order valence-electron chi connectivity index (χ0n) is 18.5. The molecule has 7 heteroatoms. The number of rotatable bonds is 14. The maximum atomic E-state index is 12.4. The van der Waals surface area contributed by atoms with Crippen molar-refractivity contribution in [2.45, 2.75) is 71.6 Å². The van der Waals surface area contributed by atoms with E-state index in [0.717, 1.165) is 61.5 Å². The minimum Gasteiger partial charge on any atom is -0.484 e. The monoisotopic (exact) mass is 431 g/mol. The maximum absolute atomic E-state index is 12.4. The molecule has 31 heavy (non-hydrogen) atoms. The summed E-state index contributed by atoms with van der Waals surface area (Å²) in [5, 5.41) is 12.2. The summed E-state index contributed by atoms with van der Waals surface area (Å²) in [6.45, 7) is 4.44. The lowest BCUT2D eigenvalue weighted by atomic mass is 10.0. The number of aryl methyl sites for hydroxylation is 1. The largest absolute Gasteiger partial charge is 0.484 e. The Morgan fingerprint density at radius 2 is 1.87 bits per heavy atom. The highest BCUT2D eigenvalue weighted by Crippen LogP contribution is 2.25. The molecule has 1 heterocycles. The highest BCUT2D eigenvalue weighted by atomic mass is 16.5. The van der Waals surface area contributed by atoms with Crippen molar-refractivity contribution in [2.24, 2.45) is 0 Å². The van der Waals surface area contributed by atoms with Crippen molar-refractivity contribution in [3.63, 3.8) is 0 Å². The van der Waals surface area contributed by atoms with Crippen molar-refractivity contribution in [3.8, 4) is 5.75 Å². The number of carbonyl (C=O) groups excluding carboxylic acids is 1. The maximum Gasteiger partial charge on any atom is 0.339 e. The molecule has 0 spiro atoms. The topological polar surface area (TPSA) is 106 Å². The van der Waals surface area contributed by atoms with Gasteiger partial charge in [0.1, 0.15) is 11.3 Å². The standard InChI is InChI=1S/C24H33NO6/c1-3-4-5-7-10-20-17(2)19-13-12-18(15-21(19)31-24(20)29)30-16-22(26)25-14-9-6-8-11-23(27)28/h12-13,15H,3-11,14,16H2,1-2H3,(H,25,26)(H,27,28). The van der Waals surface area contributed by atoms with Gasteiger partial charge in [0, 0.05) is 30.0 Å². The molecule has 0 aliphatic carbocycles. The third-order valence-electron chi connectivity index (χ3n) is 5.30. The Morgan fingerprint density at radius 3 is 2.61 bits per heavy atom. The van der Waals surface area contributed by atoms with E-state index in [1.165, 1.54) is 0 Å². The molecular weight excluding hydrogens is 398 g/mol. The number of carboxylic acids is 1. The molecule has 1 amide bonds. The fraction of sp³-hybridized carbons (Fsp3) is 0.542. The summed E-state index contributed by atoms with van der Waals surface area (Å²) in [5.74, 6) is -0.595. The highest BCUT2D eigenvalue weighted by Gasteiger charge is 2.12. The van der Waals surface area contributed by atoms with E-state index in [9.17, 15) is 14.4 Å². The van der Waals surface area contributed by atoms with Crippen LogP contribution in [-0.2, 0) is 16.0 Å². The van der Waals surface area contributed by atoms with Gasteiger partial charge in [-0.25, -0.2) is 4.79 Å². The summed E-state index contributed by atoms with van der Waals surface area (Å²) in [5.41, 5.74) is 1.82. The normalized spacial score (nSPS) is 10.9. The van der Waals surface area contributed by atoms with Crippen LogP contribution in [0.25, 0.3) is 11.0 Å². The lowest BCUT2D eigenvalue weighted by Crippen LogP contribution is -2.29. The second-order valence-electron chi connectivity index (χ2n) is 7.80. The molecule has 0 radical (unpaired) electrons. The molecule has 170 valence electrons. The number of hydrogen-bond donors (Lipinski definition) is 2.